The molecule has 0 unspecified atom stereocenters. The first kappa shape index (κ1) is 49.9. The van der Waals surface area contributed by atoms with Gasteiger partial charge in [-0.05, 0) is 158 Å². The van der Waals surface area contributed by atoms with Gasteiger partial charge in [0.05, 0.1) is 33.0 Å². The molecule has 4 aromatic rings. The number of rotatable bonds is 9. The van der Waals surface area contributed by atoms with Crippen LogP contribution in [0, 0.1) is 39.5 Å². The highest BCUT2D eigenvalue weighted by Crippen LogP contribution is 2.40. The minimum absolute atomic E-state index is 0.00733. The van der Waals surface area contributed by atoms with Crippen LogP contribution >= 0.6 is 0 Å². The zero-order valence-electron chi connectivity index (χ0n) is 41.4. The molecule has 2 saturated carbocycles. The number of methoxy groups -OCH3 is 2. The highest BCUT2D eigenvalue weighted by molar-refractivity contribution is 5.97. The average Bonchev–Trinajstić information content (AvgIpc) is 3.32. The summed E-state index contributed by atoms with van der Waals surface area (Å²) in [5.74, 6) is 1.33. The van der Waals surface area contributed by atoms with E-state index >= 15 is 0 Å². The monoisotopic (exact) mass is 945 g/mol. The number of fused-ring (bicyclic) bond motifs is 2. The lowest BCUT2D eigenvalue weighted by atomic mass is 9.84. The van der Waals surface area contributed by atoms with Crippen LogP contribution in [0.4, 0.5) is 48.5 Å². The smallest absolute Gasteiger partial charge is 0.412 e. The van der Waals surface area contributed by atoms with Crippen LogP contribution in [0.5, 0.6) is 11.5 Å². The zero-order valence-corrected chi connectivity index (χ0v) is 41.4. The average molecular weight is 945 g/mol. The topological polar surface area (TPSA) is 208 Å². The van der Waals surface area contributed by atoms with Crippen molar-refractivity contribution < 1.29 is 38.6 Å². The third kappa shape index (κ3) is 11.0. The van der Waals surface area contributed by atoms with Crippen molar-refractivity contribution in [1.82, 2.24) is 9.80 Å². The SMILES string of the molecule is COc1cc(NC(=O)C2CCC(N3Cc4c(ccc(N(C(=O)O)C(C)(C)C)c4C)NC3=O)CC2)ccc1C.COc1cc(NC(=O)C2CCC(N3Cc4c(ccc(N)c4C)NC3=O)CC2)ccc1C. The number of ether oxygens (including phenoxy) is 2. The molecule has 7 N–H and O–H groups in total. The Kier molecular flexibility index (Phi) is 15.0. The minimum atomic E-state index is -1.02. The molecule has 0 bridgehead atoms. The van der Waals surface area contributed by atoms with Gasteiger partial charge >= 0.3 is 18.2 Å². The summed E-state index contributed by atoms with van der Waals surface area (Å²) in [5.41, 5.74) is 15.7. The maximum absolute atomic E-state index is 13.0. The van der Waals surface area contributed by atoms with Crippen LogP contribution in [0.3, 0.4) is 0 Å². The number of nitrogen functional groups attached to an aromatic ring is 1. The van der Waals surface area contributed by atoms with Crippen LogP contribution in [0.25, 0.3) is 0 Å². The van der Waals surface area contributed by atoms with E-state index in [-0.39, 0.29) is 47.8 Å². The van der Waals surface area contributed by atoms with Crippen molar-refractivity contribution in [2.24, 2.45) is 11.8 Å². The van der Waals surface area contributed by atoms with Crippen molar-refractivity contribution in [3.8, 4) is 11.5 Å². The van der Waals surface area contributed by atoms with Gasteiger partial charge in [-0.15, -0.1) is 0 Å². The standard InChI is InChI=1S/C29H38N4O5.C24H30N4O3/c1-17-7-10-20(15-25(17)38-6)30-26(34)19-8-11-21(12-9-19)32-16-22-18(2)24(14-13-23(22)31-27(32)35)33(28(36)37)29(3,4)5;1-14-4-7-17(12-22(14)31-3)26-23(29)16-5-8-18(9-6-16)28-13-19-15(2)20(25)10-11-21(19)27-24(28)30/h7,10,13-15,19,21H,8-9,11-12,16H2,1-6H3,(H,30,34)(H,31,35)(H,36,37);4,7,10-12,16,18H,5-6,8-9,13,25H2,1-3H3,(H,26,29)(H,27,30). The molecule has 4 aromatic carbocycles. The summed E-state index contributed by atoms with van der Waals surface area (Å²) in [6.07, 6.45) is 4.92. The summed E-state index contributed by atoms with van der Waals surface area (Å²) in [5, 5.41) is 21.9. The quantitative estimate of drug-likeness (QED) is 0.0881. The molecule has 0 spiro atoms. The second-order valence-electron chi connectivity index (χ2n) is 19.8. The van der Waals surface area contributed by atoms with Gasteiger partial charge in [0.25, 0.3) is 0 Å². The molecule has 4 aliphatic rings. The lowest BCUT2D eigenvalue weighted by Gasteiger charge is -2.41. The Morgan fingerprint density at radius 1 is 0.652 bits per heavy atom. The van der Waals surface area contributed by atoms with Gasteiger partial charge in [0.1, 0.15) is 11.5 Å². The molecule has 0 atom stereocenters. The number of urea groups is 2. The number of nitrogens with two attached hydrogens (primary N) is 1. The fourth-order valence-corrected chi connectivity index (χ4v) is 10.2. The van der Waals surface area contributed by atoms with Crippen molar-refractivity contribution >= 4 is 64.1 Å². The highest BCUT2D eigenvalue weighted by atomic mass is 16.5. The molecule has 0 radical (unpaired) electrons. The van der Waals surface area contributed by atoms with E-state index in [0.717, 1.165) is 100 Å². The fourth-order valence-electron chi connectivity index (χ4n) is 10.2. The number of carbonyl (C=O) groups is 5. The Labute approximate surface area is 405 Å². The predicted octanol–water partition coefficient (Wildman–Crippen LogP) is 10.6. The molecule has 2 aliphatic carbocycles. The molecule has 16 nitrogen and oxygen atoms in total. The predicted molar refractivity (Wildman–Crippen MR) is 270 cm³/mol. The van der Waals surface area contributed by atoms with Crippen LogP contribution in [-0.4, -0.2) is 76.7 Å². The number of amides is 7. The number of benzene rings is 4. The maximum Gasteiger partial charge on any atom is 0.412 e. The highest BCUT2D eigenvalue weighted by Gasteiger charge is 2.38. The van der Waals surface area contributed by atoms with Gasteiger partial charge in [-0.1, -0.05) is 12.1 Å². The van der Waals surface area contributed by atoms with Crippen LogP contribution in [0.15, 0.2) is 60.7 Å². The van der Waals surface area contributed by atoms with Gasteiger partial charge in [0.15, 0.2) is 0 Å². The minimum Gasteiger partial charge on any atom is -0.496 e. The molecule has 16 heteroatoms. The van der Waals surface area contributed by atoms with Crippen molar-refractivity contribution in [2.45, 2.75) is 131 Å². The van der Waals surface area contributed by atoms with Crippen LogP contribution < -0.4 is 41.4 Å². The van der Waals surface area contributed by atoms with Crippen LogP contribution in [0.2, 0.25) is 0 Å². The Balaban J connectivity index is 0.000000208. The summed E-state index contributed by atoms with van der Waals surface area (Å²) in [6.45, 7) is 14.4. The Morgan fingerprint density at radius 2 is 1.07 bits per heavy atom. The van der Waals surface area contributed by atoms with Crippen molar-refractivity contribution in [1.29, 1.82) is 0 Å². The molecule has 8 rings (SSSR count). The third-order valence-electron chi connectivity index (χ3n) is 14.3. The number of aryl methyl sites for hydroxylation is 2. The molecule has 7 amide bonds. The van der Waals surface area contributed by atoms with E-state index in [1.165, 1.54) is 4.90 Å². The van der Waals surface area contributed by atoms with Gasteiger partial charge < -0.3 is 51.4 Å². The van der Waals surface area contributed by atoms with Gasteiger partial charge in [-0.2, -0.15) is 0 Å². The summed E-state index contributed by atoms with van der Waals surface area (Å²) >= 11 is 0. The van der Waals surface area contributed by atoms with E-state index in [0.29, 0.717) is 43.0 Å². The van der Waals surface area contributed by atoms with Gasteiger partial charge in [0, 0.05) is 81.2 Å². The largest absolute Gasteiger partial charge is 0.496 e. The molecule has 2 aliphatic heterocycles. The van der Waals surface area contributed by atoms with Crippen molar-refractivity contribution in [3.05, 3.63) is 94.0 Å². The van der Waals surface area contributed by atoms with Crippen LogP contribution in [-0.2, 0) is 22.7 Å². The van der Waals surface area contributed by atoms with E-state index in [2.05, 4.69) is 21.3 Å². The first-order chi connectivity index (χ1) is 32.8. The second-order valence-corrected chi connectivity index (χ2v) is 19.8. The lowest BCUT2D eigenvalue weighted by Crippen LogP contribution is -2.48. The molecule has 0 saturated heterocycles. The summed E-state index contributed by atoms with van der Waals surface area (Å²) in [7, 11) is 3.24. The van der Waals surface area contributed by atoms with E-state index in [1.54, 1.807) is 26.4 Å². The molecular formula is C53H68N8O8. The Hall–Kier alpha value is -6.97. The number of nitrogens with one attached hydrogen (secondary N) is 4. The number of anilines is 6. The van der Waals surface area contributed by atoms with Crippen molar-refractivity contribution in [3.63, 3.8) is 0 Å². The van der Waals surface area contributed by atoms with Crippen LogP contribution in [0.1, 0.15) is 106 Å². The first-order valence-electron chi connectivity index (χ1n) is 23.9. The molecule has 69 heavy (non-hydrogen) atoms. The Bertz CT molecular complexity index is 2610. The van der Waals surface area contributed by atoms with E-state index in [9.17, 15) is 29.1 Å². The summed E-state index contributed by atoms with van der Waals surface area (Å²) in [6, 6.07) is 18.5. The molecular weight excluding hydrogens is 877 g/mol. The normalized spacial score (nSPS) is 19.9. The van der Waals surface area contributed by atoms with Gasteiger partial charge in [-0.3, -0.25) is 14.5 Å². The number of carbonyl (C=O) groups excluding carboxylic acids is 4. The fraction of sp³-hybridized carbons (Fsp3) is 0.453. The molecule has 368 valence electrons. The molecule has 0 aromatic heterocycles. The Morgan fingerprint density at radius 3 is 1.48 bits per heavy atom. The third-order valence-corrected chi connectivity index (χ3v) is 14.3. The van der Waals surface area contributed by atoms with E-state index in [1.807, 2.05) is 107 Å². The zero-order chi connectivity index (χ0) is 49.9. The molecule has 2 heterocycles. The van der Waals surface area contributed by atoms with Gasteiger partial charge in [0.2, 0.25) is 11.8 Å². The van der Waals surface area contributed by atoms with E-state index in [4.69, 9.17) is 15.2 Å². The number of hydrogen-bond donors (Lipinski definition) is 6. The van der Waals surface area contributed by atoms with E-state index < -0.39 is 11.6 Å². The number of carboxylic acid groups (broad SMARTS) is 1. The van der Waals surface area contributed by atoms with Gasteiger partial charge in [-0.25, -0.2) is 14.4 Å². The maximum atomic E-state index is 13.0. The number of nitrogens with zero attached hydrogens (tertiary/aromatic N) is 3. The molecule has 2 fully saturated rings. The summed E-state index contributed by atoms with van der Waals surface area (Å²) < 4.78 is 10.7. The second kappa shape index (κ2) is 20.7. The lowest BCUT2D eigenvalue weighted by molar-refractivity contribution is -0.121. The first-order valence-corrected chi connectivity index (χ1v) is 23.9. The number of hydrogen-bond acceptors (Lipinski definition) is 8. The van der Waals surface area contributed by atoms with Crippen molar-refractivity contribution in [2.75, 3.05) is 46.1 Å². The summed E-state index contributed by atoms with van der Waals surface area (Å²) in [4.78, 5) is 68.6.